The Morgan fingerprint density at radius 2 is 1.86 bits per heavy atom. The number of halogens is 2. The minimum atomic E-state index is -1.02. The summed E-state index contributed by atoms with van der Waals surface area (Å²) in [6.07, 6.45) is -0.855. The molecule has 0 aliphatic carbocycles. The molecular formula is C22H24F2N2O3. The Morgan fingerprint density at radius 3 is 2.48 bits per heavy atom. The van der Waals surface area contributed by atoms with Gasteiger partial charge in [-0.15, -0.1) is 0 Å². The van der Waals surface area contributed by atoms with Crippen LogP contribution in [-0.2, 0) is 16.0 Å². The molecule has 154 valence electrons. The van der Waals surface area contributed by atoms with Crippen LogP contribution in [0.4, 0.5) is 19.3 Å². The molecule has 5 nitrogen and oxygen atoms in total. The van der Waals surface area contributed by atoms with Gasteiger partial charge in [0.15, 0.2) is 0 Å². The van der Waals surface area contributed by atoms with Crippen LogP contribution in [0.25, 0.3) is 0 Å². The van der Waals surface area contributed by atoms with E-state index in [1.54, 1.807) is 27.7 Å². The quantitative estimate of drug-likeness (QED) is 0.822. The molecule has 1 heterocycles. The number of benzene rings is 2. The van der Waals surface area contributed by atoms with Crippen molar-refractivity contribution in [3.63, 3.8) is 0 Å². The van der Waals surface area contributed by atoms with E-state index in [0.29, 0.717) is 0 Å². The van der Waals surface area contributed by atoms with Gasteiger partial charge in [-0.2, -0.15) is 0 Å². The minimum Gasteiger partial charge on any atom is -0.444 e. The Morgan fingerprint density at radius 1 is 1.21 bits per heavy atom. The maximum Gasteiger partial charge on any atom is 0.408 e. The molecule has 1 aliphatic rings. The molecule has 0 saturated heterocycles. The second kappa shape index (κ2) is 7.81. The van der Waals surface area contributed by atoms with E-state index in [9.17, 15) is 18.4 Å². The van der Waals surface area contributed by atoms with Crippen LogP contribution in [0.2, 0.25) is 0 Å². The van der Waals surface area contributed by atoms with Crippen LogP contribution in [0.1, 0.15) is 44.9 Å². The fourth-order valence-corrected chi connectivity index (χ4v) is 3.43. The van der Waals surface area contributed by atoms with E-state index in [2.05, 4.69) is 5.32 Å². The van der Waals surface area contributed by atoms with Gasteiger partial charge in [0.05, 0.1) is 11.7 Å². The summed E-state index contributed by atoms with van der Waals surface area (Å²) in [5.74, 6) is -1.98. The molecule has 2 atom stereocenters. The third-order valence-electron chi connectivity index (χ3n) is 4.70. The average Bonchev–Trinajstić information content (AvgIpc) is 2.62. The van der Waals surface area contributed by atoms with Gasteiger partial charge in [0.25, 0.3) is 5.91 Å². The molecule has 0 unspecified atom stereocenters. The molecule has 0 radical (unpaired) electrons. The molecule has 0 bridgehead atoms. The number of amides is 2. The topological polar surface area (TPSA) is 58.6 Å². The number of fused-ring (bicyclic) bond motifs is 1. The molecule has 0 aromatic heterocycles. The predicted octanol–water partition coefficient (Wildman–Crippen LogP) is 4.51. The minimum absolute atomic E-state index is 0.0858. The largest absolute Gasteiger partial charge is 0.444 e. The van der Waals surface area contributed by atoms with E-state index in [1.807, 2.05) is 30.3 Å². The zero-order chi connectivity index (χ0) is 21.3. The molecule has 2 aromatic carbocycles. The van der Waals surface area contributed by atoms with E-state index in [-0.39, 0.29) is 17.7 Å². The van der Waals surface area contributed by atoms with Gasteiger partial charge in [-0.05, 0) is 39.3 Å². The van der Waals surface area contributed by atoms with Crippen molar-refractivity contribution in [2.45, 2.75) is 51.8 Å². The second-order valence-corrected chi connectivity index (χ2v) is 8.08. The molecule has 2 amide bonds. The van der Waals surface area contributed by atoms with Crippen molar-refractivity contribution in [2.75, 3.05) is 4.90 Å². The Kier molecular flexibility index (Phi) is 5.59. The summed E-state index contributed by atoms with van der Waals surface area (Å²) in [6, 6.07) is 9.57. The van der Waals surface area contributed by atoms with Gasteiger partial charge in [0, 0.05) is 18.1 Å². The van der Waals surface area contributed by atoms with Crippen LogP contribution >= 0.6 is 0 Å². The molecule has 1 N–H and O–H groups in total. The van der Waals surface area contributed by atoms with Gasteiger partial charge in [-0.25, -0.2) is 13.6 Å². The van der Waals surface area contributed by atoms with E-state index < -0.39 is 41.3 Å². The van der Waals surface area contributed by atoms with Crippen molar-refractivity contribution in [1.82, 2.24) is 5.32 Å². The highest BCUT2D eigenvalue weighted by atomic mass is 19.1. The number of nitrogens with one attached hydrogen (secondary N) is 1. The first-order chi connectivity index (χ1) is 13.6. The molecule has 3 rings (SSSR count). The fraction of sp³-hybridized carbons (Fsp3) is 0.364. The smallest absolute Gasteiger partial charge is 0.408 e. The number of anilines is 1. The maximum atomic E-state index is 14.6. The van der Waals surface area contributed by atoms with Gasteiger partial charge in [-0.3, -0.25) is 4.79 Å². The van der Waals surface area contributed by atoms with Gasteiger partial charge in [0.1, 0.15) is 23.3 Å². The first kappa shape index (κ1) is 20.8. The molecule has 7 heteroatoms. The third kappa shape index (κ3) is 4.55. The lowest BCUT2D eigenvalue weighted by atomic mass is 9.93. The highest BCUT2D eigenvalue weighted by Gasteiger charge is 2.39. The van der Waals surface area contributed by atoms with Crippen molar-refractivity contribution in [2.24, 2.45) is 0 Å². The number of carbonyl (C=O) groups excluding carboxylic acids is 2. The molecular weight excluding hydrogens is 378 g/mol. The monoisotopic (exact) mass is 402 g/mol. The summed E-state index contributed by atoms with van der Waals surface area (Å²) in [7, 11) is 0. The first-order valence-electron chi connectivity index (χ1n) is 9.42. The van der Waals surface area contributed by atoms with Gasteiger partial charge in [0.2, 0.25) is 0 Å². The van der Waals surface area contributed by atoms with Crippen molar-refractivity contribution >= 4 is 17.7 Å². The predicted molar refractivity (Wildman–Crippen MR) is 106 cm³/mol. The van der Waals surface area contributed by atoms with Crippen LogP contribution < -0.4 is 10.2 Å². The van der Waals surface area contributed by atoms with Crippen LogP contribution in [0.15, 0.2) is 42.5 Å². The van der Waals surface area contributed by atoms with Crippen molar-refractivity contribution in [3.05, 3.63) is 65.2 Å². The number of rotatable bonds is 3. The number of nitrogens with zero attached hydrogens (tertiary/aromatic N) is 1. The molecule has 2 aromatic rings. The highest BCUT2D eigenvalue weighted by molar-refractivity contribution is 6.02. The molecule has 0 fully saturated rings. The summed E-state index contributed by atoms with van der Waals surface area (Å²) in [4.78, 5) is 26.8. The van der Waals surface area contributed by atoms with Gasteiger partial charge >= 0.3 is 6.09 Å². The standard InChI is InChI=1S/C22H24F2N2O3/c1-13(14-8-6-5-7-9-14)26-19-11-15(23)10-17(24)16(19)12-18(20(26)27)25-21(28)29-22(2,3)4/h5-11,13,18H,12H2,1-4H3,(H,25,28)/t13-,18+/m0/s1. The first-order valence-corrected chi connectivity index (χ1v) is 9.42. The average molecular weight is 402 g/mol. The van der Waals surface area contributed by atoms with Crippen molar-refractivity contribution in [3.8, 4) is 0 Å². The van der Waals surface area contributed by atoms with Crippen molar-refractivity contribution in [1.29, 1.82) is 0 Å². The van der Waals surface area contributed by atoms with E-state index >= 15 is 0 Å². The lowest BCUT2D eigenvalue weighted by molar-refractivity contribution is -0.121. The van der Waals surface area contributed by atoms with Crippen molar-refractivity contribution < 1.29 is 23.1 Å². The molecule has 29 heavy (non-hydrogen) atoms. The third-order valence-corrected chi connectivity index (χ3v) is 4.70. The molecule has 1 aliphatic heterocycles. The zero-order valence-corrected chi connectivity index (χ0v) is 16.8. The molecule has 0 saturated carbocycles. The second-order valence-electron chi connectivity index (χ2n) is 8.08. The Labute approximate surface area is 168 Å². The molecule has 0 spiro atoms. The van der Waals surface area contributed by atoms with E-state index in [0.717, 1.165) is 17.7 Å². The summed E-state index contributed by atoms with van der Waals surface area (Å²) >= 11 is 0. The fourth-order valence-electron chi connectivity index (χ4n) is 3.43. The summed E-state index contributed by atoms with van der Waals surface area (Å²) < 4.78 is 33.7. The normalized spacial score (nSPS) is 17.5. The lowest BCUT2D eigenvalue weighted by Crippen LogP contribution is -2.54. The van der Waals surface area contributed by atoms with E-state index in [4.69, 9.17) is 4.74 Å². The Balaban J connectivity index is 2.00. The van der Waals surface area contributed by atoms with Crippen LogP contribution in [0.3, 0.4) is 0 Å². The maximum absolute atomic E-state index is 14.6. The summed E-state index contributed by atoms with van der Waals surface area (Å²) in [5.41, 5.74) is 0.404. The highest BCUT2D eigenvalue weighted by Crippen LogP contribution is 2.37. The van der Waals surface area contributed by atoms with Crippen LogP contribution in [0, 0.1) is 11.6 Å². The van der Waals surface area contributed by atoms with Crippen LogP contribution in [0.5, 0.6) is 0 Å². The number of hydrogen-bond donors (Lipinski definition) is 1. The number of carbonyl (C=O) groups is 2. The number of ether oxygens (including phenoxy) is 1. The van der Waals surface area contributed by atoms with Gasteiger partial charge in [-0.1, -0.05) is 30.3 Å². The lowest BCUT2D eigenvalue weighted by Gasteiger charge is -2.38. The SMILES string of the molecule is C[C@@H](c1ccccc1)N1C(=O)[C@H](NC(=O)OC(C)(C)C)Cc2c(F)cc(F)cc21. The number of hydrogen-bond acceptors (Lipinski definition) is 3. The summed E-state index contributed by atoms with van der Waals surface area (Å²) in [6.45, 7) is 6.89. The Bertz CT molecular complexity index is 926. The Hall–Kier alpha value is -2.96. The van der Waals surface area contributed by atoms with E-state index in [1.165, 1.54) is 4.90 Å². The zero-order valence-electron chi connectivity index (χ0n) is 16.8. The van der Waals surface area contributed by atoms with Gasteiger partial charge < -0.3 is 15.0 Å². The van der Waals surface area contributed by atoms with Crippen LogP contribution in [-0.4, -0.2) is 23.6 Å². The summed E-state index contributed by atoms with van der Waals surface area (Å²) in [5, 5.41) is 2.53. The number of alkyl carbamates (subject to hydrolysis) is 1.